The first-order valence-electron chi connectivity index (χ1n) is 7.81. The van der Waals surface area contributed by atoms with Crippen molar-refractivity contribution in [1.82, 2.24) is 10.2 Å². The molecule has 3 amide bonds. The molecule has 5 nitrogen and oxygen atoms in total. The number of nitrogens with zero attached hydrogens (tertiary/aromatic N) is 1. The van der Waals surface area contributed by atoms with Crippen molar-refractivity contribution in [3.63, 3.8) is 0 Å². The van der Waals surface area contributed by atoms with Gasteiger partial charge in [0.1, 0.15) is 6.04 Å². The average molecular weight is 302 g/mol. The van der Waals surface area contributed by atoms with Gasteiger partial charge in [0.15, 0.2) is 0 Å². The van der Waals surface area contributed by atoms with E-state index >= 15 is 0 Å². The molecule has 3 rings (SSSR count). The van der Waals surface area contributed by atoms with Crippen molar-refractivity contribution < 1.29 is 14.4 Å². The number of hydrogen-bond acceptors (Lipinski definition) is 3. The van der Waals surface area contributed by atoms with Crippen LogP contribution in [0.1, 0.15) is 48.2 Å². The molecule has 0 bridgehead atoms. The van der Waals surface area contributed by atoms with E-state index in [0.29, 0.717) is 24.9 Å². The minimum atomic E-state index is -0.520. The Labute approximate surface area is 130 Å². The van der Waals surface area contributed by atoms with Gasteiger partial charge >= 0.3 is 0 Å². The van der Waals surface area contributed by atoms with E-state index in [-0.39, 0.29) is 17.7 Å². The molecule has 0 spiro atoms. The summed E-state index contributed by atoms with van der Waals surface area (Å²) in [6, 6.07) is 5.14. The third-order valence-electron chi connectivity index (χ3n) is 4.09. The van der Waals surface area contributed by atoms with Crippen LogP contribution in [0.3, 0.4) is 0 Å². The number of hydrogen-bond donors (Lipinski definition) is 1. The molecule has 1 unspecified atom stereocenters. The summed E-state index contributed by atoms with van der Waals surface area (Å²) >= 11 is 0. The number of nitrogens with one attached hydrogen (secondary N) is 1. The van der Waals surface area contributed by atoms with Gasteiger partial charge in [0.2, 0.25) is 11.8 Å². The molecule has 1 aromatic carbocycles. The summed E-state index contributed by atoms with van der Waals surface area (Å²) in [7, 11) is 0. The first kappa shape index (κ1) is 16.2. The Morgan fingerprint density at radius 3 is 2.55 bits per heavy atom. The smallest absolute Gasteiger partial charge is 0.254 e. The van der Waals surface area contributed by atoms with Crippen LogP contribution in [0.2, 0.25) is 0 Å². The van der Waals surface area contributed by atoms with Crippen LogP contribution in [0, 0.1) is 6.92 Å². The van der Waals surface area contributed by atoms with Gasteiger partial charge in [-0.2, -0.15) is 0 Å². The van der Waals surface area contributed by atoms with E-state index in [4.69, 9.17) is 0 Å². The van der Waals surface area contributed by atoms with Crippen molar-refractivity contribution in [2.24, 2.45) is 0 Å². The van der Waals surface area contributed by atoms with Crippen LogP contribution in [0.4, 0.5) is 0 Å². The second-order valence-corrected chi connectivity index (χ2v) is 5.32. The Kier molecular flexibility index (Phi) is 4.96. The molecular formula is C17H22N2O3. The van der Waals surface area contributed by atoms with Gasteiger partial charge in [-0.05, 0) is 37.0 Å². The molecule has 2 aliphatic heterocycles. The molecule has 22 heavy (non-hydrogen) atoms. The predicted octanol–water partition coefficient (Wildman–Crippen LogP) is 1.82. The summed E-state index contributed by atoms with van der Waals surface area (Å²) < 4.78 is 0. The van der Waals surface area contributed by atoms with Gasteiger partial charge in [-0.3, -0.25) is 19.7 Å². The normalized spacial score (nSPS) is 20.8. The van der Waals surface area contributed by atoms with Gasteiger partial charge < -0.3 is 4.90 Å². The lowest BCUT2D eigenvalue weighted by atomic mass is 9.92. The van der Waals surface area contributed by atoms with Crippen LogP contribution in [0.25, 0.3) is 0 Å². The molecule has 5 heteroatoms. The monoisotopic (exact) mass is 302 g/mol. The lowest BCUT2D eigenvalue weighted by Crippen LogP contribution is -2.56. The van der Waals surface area contributed by atoms with Crippen molar-refractivity contribution in [3.8, 4) is 0 Å². The van der Waals surface area contributed by atoms with Crippen LogP contribution < -0.4 is 5.32 Å². The standard InChI is InChI=1S/C15H16N2O3.C2H6/c1-9-3-2-4-11-10(9)7-8-17(15(11)20)12-5-6-13(18)16-14(12)19;1-2/h2-4,12H,5-8H2,1H3,(H,16,18,19);1-2H3. The van der Waals surface area contributed by atoms with Crippen LogP contribution in [0.15, 0.2) is 18.2 Å². The lowest BCUT2D eigenvalue weighted by Gasteiger charge is -2.36. The molecule has 0 aliphatic carbocycles. The fraction of sp³-hybridized carbons (Fsp3) is 0.471. The topological polar surface area (TPSA) is 66.5 Å². The van der Waals surface area contributed by atoms with Crippen molar-refractivity contribution in [2.45, 2.75) is 46.1 Å². The number of imide groups is 1. The molecule has 0 radical (unpaired) electrons. The van der Waals surface area contributed by atoms with Crippen LogP contribution in [0.5, 0.6) is 0 Å². The first-order valence-corrected chi connectivity index (χ1v) is 7.81. The van der Waals surface area contributed by atoms with Crippen LogP contribution >= 0.6 is 0 Å². The summed E-state index contributed by atoms with van der Waals surface area (Å²) in [4.78, 5) is 37.3. The molecule has 1 N–H and O–H groups in total. The number of carbonyl (C=O) groups excluding carboxylic acids is 3. The highest BCUT2D eigenvalue weighted by molar-refractivity contribution is 6.04. The van der Waals surface area contributed by atoms with Gasteiger partial charge in [-0.15, -0.1) is 0 Å². The maximum Gasteiger partial charge on any atom is 0.254 e. The summed E-state index contributed by atoms with van der Waals surface area (Å²) in [5, 5.41) is 2.31. The maximum absolute atomic E-state index is 12.6. The predicted molar refractivity (Wildman–Crippen MR) is 83.4 cm³/mol. The van der Waals surface area contributed by atoms with E-state index in [9.17, 15) is 14.4 Å². The summed E-state index contributed by atoms with van der Waals surface area (Å²) in [5.74, 6) is -0.720. The minimum Gasteiger partial charge on any atom is -0.326 e. The number of carbonyl (C=O) groups is 3. The fourth-order valence-electron chi connectivity index (χ4n) is 3.00. The van der Waals surface area contributed by atoms with Crippen molar-refractivity contribution in [1.29, 1.82) is 0 Å². The minimum absolute atomic E-state index is 0.107. The van der Waals surface area contributed by atoms with Gasteiger partial charge in [-0.1, -0.05) is 26.0 Å². The molecule has 1 fully saturated rings. The Balaban J connectivity index is 0.000000847. The van der Waals surface area contributed by atoms with Gasteiger partial charge in [0.05, 0.1) is 0 Å². The molecular weight excluding hydrogens is 280 g/mol. The molecule has 118 valence electrons. The number of piperidine rings is 1. The highest BCUT2D eigenvalue weighted by Crippen LogP contribution is 2.25. The molecule has 1 aromatic rings. The van der Waals surface area contributed by atoms with E-state index in [1.165, 1.54) is 0 Å². The number of amides is 3. The third-order valence-corrected chi connectivity index (χ3v) is 4.09. The zero-order chi connectivity index (χ0) is 16.3. The maximum atomic E-state index is 12.6. The lowest BCUT2D eigenvalue weighted by molar-refractivity contribution is -0.136. The van der Waals surface area contributed by atoms with E-state index in [1.807, 2.05) is 39.0 Å². The Morgan fingerprint density at radius 2 is 1.86 bits per heavy atom. The van der Waals surface area contributed by atoms with Crippen molar-refractivity contribution in [3.05, 3.63) is 34.9 Å². The Bertz CT molecular complexity index is 610. The third kappa shape index (κ3) is 2.89. The fourth-order valence-corrected chi connectivity index (χ4v) is 3.00. The highest BCUT2D eigenvalue weighted by Gasteiger charge is 2.37. The largest absolute Gasteiger partial charge is 0.326 e. The quantitative estimate of drug-likeness (QED) is 0.805. The van der Waals surface area contributed by atoms with Crippen molar-refractivity contribution in [2.75, 3.05) is 6.54 Å². The molecule has 2 heterocycles. The van der Waals surface area contributed by atoms with Gasteiger partial charge in [0, 0.05) is 18.5 Å². The molecule has 2 aliphatic rings. The zero-order valence-corrected chi connectivity index (χ0v) is 13.3. The zero-order valence-electron chi connectivity index (χ0n) is 13.3. The molecule has 1 saturated heterocycles. The van der Waals surface area contributed by atoms with Gasteiger partial charge in [0.25, 0.3) is 5.91 Å². The van der Waals surface area contributed by atoms with Gasteiger partial charge in [-0.25, -0.2) is 0 Å². The molecule has 0 aromatic heterocycles. The Hall–Kier alpha value is -2.17. The Morgan fingerprint density at radius 1 is 1.14 bits per heavy atom. The number of rotatable bonds is 1. The summed E-state index contributed by atoms with van der Waals surface area (Å²) in [6.07, 6.45) is 1.46. The van der Waals surface area contributed by atoms with E-state index < -0.39 is 6.04 Å². The SMILES string of the molecule is CC.Cc1cccc2c1CCN(C1CCC(=O)NC1=O)C2=O. The first-order chi connectivity index (χ1) is 10.6. The van der Waals surface area contributed by atoms with Crippen LogP contribution in [-0.4, -0.2) is 35.2 Å². The van der Waals surface area contributed by atoms with E-state index in [0.717, 1.165) is 17.5 Å². The number of fused-ring (bicyclic) bond motifs is 1. The number of benzene rings is 1. The summed E-state index contributed by atoms with van der Waals surface area (Å²) in [6.45, 7) is 6.52. The van der Waals surface area contributed by atoms with Crippen molar-refractivity contribution >= 4 is 17.7 Å². The molecule has 1 atom stereocenters. The average Bonchev–Trinajstić information content (AvgIpc) is 2.51. The highest BCUT2D eigenvalue weighted by atomic mass is 16.2. The van der Waals surface area contributed by atoms with E-state index in [2.05, 4.69) is 5.32 Å². The van der Waals surface area contributed by atoms with E-state index in [1.54, 1.807) is 4.90 Å². The second kappa shape index (κ2) is 6.73. The summed E-state index contributed by atoms with van der Waals surface area (Å²) in [5.41, 5.74) is 2.86. The second-order valence-electron chi connectivity index (χ2n) is 5.32. The molecule has 0 saturated carbocycles. The number of aryl methyl sites for hydroxylation is 1. The van der Waals surface area contributed by atoms with Crippen LogP contribution in [-0.2, 0) is 16.0 Å².